The number of benzene rings is 3. The van der Waals surface area contributed by atoms with Gasteiger partial charge < -0.3 is 15.2 Å². The van der Waals surface area contributed by atoms with E-state index in [4.69, 9.17) is 0 Å². The number of carbonyl (C=O) groups excluding carboxylic acids is 1. The van der Waals surface area contributed by atoms with Crippen molar-refractivity contribution >= 4 is 22.5 Å². The average Bonchev–Trinajstić information content (AvgIpc) is 3.53. The number of nitrogens with one attached hydrogen (secondary N) is 2. The summed E-state index contributed by atoms with van der Waals surface area (Å²) < 4.78 is 1.60. The van der Waals surface area contributed by atoms with Gasteiger partial charge in [0.1, 0.15) is 0 Å². The van der Waals surface area contributed by atoms with Gasteiger partial charge in [0.15, 0.2) is 5.69 Å². The predicted molar refractivity (Wildman–Crippen MR) is 135 cm³/mol. The van der Waals surface area contributed by atoms with Gasteiger partial charge in [-0.2, -0.15) is 0 Å². The van der Waals surface area contributed by atoms with Crippen molar-refractivity contribution in [3.63, 3.8) is 0 Å². The second kappa shape index (κ2) is 9.23. The van der Waals surface area contributed by atoms with Crippen molar-refractivity contribution in [3.8, 4) is 5.69 Å². The number of carbonyl (C=O) groups is 1. The molecular formula is C27H26N6O. The van der Waals surface area contributed by atoms with Crippen molar-refractivity contribution in [1.82, 2.24) is 25.3 Å². The Kier molecular flexibility index (Phi) is 5.82. The van der Waals surface area contributed by atoms with Crippen LogP contribution in [-0.4, -0.2) is 46.5 Å². The van der Waals surface area contributed by atoms with Crippen molar-refractivity contribution in [1.29, 1.82) is 0 Å². The van der Waals surface area contributed by atoms with Crippen LogP contribution >= 0.6 is 0 Å². The van der Waals surface area contributed by atoms with E-state index in [2.05, 4.69) is 61.9 Å². The zero-order chi connectivity index (χ0) is 23.5. The molecule has 5 aromatic rings. The standard InChI is InChI=1S/C27H26N6O/c1-32(2)20-14-12-19(13-15-20)23(24-17-28-25-11-7-6-10-22(24)25)16-29-27(34)26-18-33(31-30-26)21-8-4-3-5-9-21/h3-15,17-18,23,28H,16H2,1-2H3,(H,29,34). The molecule has 0 fully saturated rings. The number of hydrogen-bond donors (Lipinski definition) is 2. The molecule has 7 heteroatoms. The number of amides is 1. The quantitative estimate of drug-likeness (QED) is 0.386. The Morgan fingerprint density at radius 3 is 2.50 bits per heavy atom. The van der Waals surface area contributed by atoms with Gasteiger partial charge in [-0.05, 0) is 41.5 Å². The molecule has 5 rings (SSSR count). The lowest BCUT2D eigenvalue weighted by Crippen LogP contribution is -2.29. The first-order valence-corrected chi connectivity index (χ1v) is 11.2. The highest BCUT2D eigenvalue weighted by Crippen LogP contribution is 2.31. The van der Waals surface area contributed by atoms with Crippen LogP contribution in [0.2, 0.25) is 0 Å². The summed E-state index contributed by atoms with van der Waals surface area (Å²) in [7, 11) is 4.05. The number of rotatable bonds is 7. The fourth-order valence-corrected chi connectivity index (χ4v) is 4.15. The minimum atomic E-state index is -0.253. The van der Waals surface area contributed by atoms with E-state index in [1.165, 1.54) is 0 Å². The molecule has 1 amide bonds. The van der Waals surface area contributed by atoms with Gasteiger partial charge in [0.25, 0.3) is 5.91 Å². The largest absolute Gasteiger partial charge is 0.378 e. The Morgan fingerprint density at radius 1 is 1.00 bits per heavy atom. The van der Waals surface area contributed by atoms with Gasteiger partial charge in [-0.25, -0.2) is 4.68 Å². The maximum atomic E-state index is 13.0. The van der Waals surface area contributed by atoms with Crippen LogP contribution in [0.25, 0.3) is 16.6 Å². The fourth-order valence-electron chi connectivity index (χ4n) is 4.15. The maximum Gasteiger partial charge on any atom is 0.273 e. The van der Waals surface area contributed by atoms with Gasteiger partial charge in [0, 0.05) is 49.3 Å². The number of anilines is 1. The van der Waals surface area contributed by atoms with Crippen LogP contribution in [0.15, 0.2) is 91.3 Å². The topological polar surface area (TPSA) is 78.8 Å². The molecule has 0 aliphatic rings. The molecule has 0 radical (unpaired) electrons. The summed E-state index contributed by atoms with van der Waals surface area (Å²) in [4.78, 5) is 18.4. The summed E-state index contributed by atoms with van der Waals surface area (Å²) in [6.45, 7) is 0.431. The summed E-state index contributed by atoms with van der Waals surface area (Å²) >= 11 is 0. The highest BCUT2D eigenvalue weighted by molar-refractivity contribution is 5.92. The minimum Gasteiger partial charge on any atom is -0.378 e. The van der Waals surface area contributed by atoms with Gasteiger partial charge in [-0.1, -0.05) is 53.7 Å². The van der Waals surface area contributed by atoms with Gasteiger partial charge in [0.2, 0.25) is 0 Å². The van der Waals surface area contributed by atoms with Crippen molar-refractivity contribution < 1.29 is 4.79 Å². The number of nitrogens with zero attached hydrogens (tertiary/aromatic N) is 4. The van der Waals surface area contributed by atoms with E-state index in [0.717, 1.165) is 33.4 Å². The molecule has 0 bridgehead atoms. The van der Waals surface area contributed by atoms with Crippen LogP contribution in [0.1, 0.15) is 27.5 Å². The number of hydrogen-bond acceptors (Lipinski definition) is 4. The zero-order valence-electron chi connectivity index (χ0n) is 19.1. The number of H-pyrrole nitrogens is 1. The van der Waals surface area contributed by atoms with Gasteiger partial charge in [-0.15, -0.1) is 5.10 Å². The van der Waals surface area contributed by atoms with Gasteiger partial charge in [0.05, 0.1) is 11.9 Å². The molecule has 0 spiro atoms. The van der Waals surface area contributed by atoms with E-state index < -0.39 is 0 Å². The third kappa shape index (κ3) is 4.28. The molecule has 0 aliphatic heterocycles. The van der Waals surface area contributed by atoms with Crippen LogP contribution in [0, 0.1) is 0 Å². The van der Waals surface area contributed by atoms with E-state index in [0.29, 0.717) is 6.54 Å². The summed E-state index contributed by atoms with van der Waals surface area (Å²) in [5.41, 5.74) is 5.61. The molecule has 0 saturated heterocycles. The SMILES string of the molecule is CN(C)c1ccc(C(CNC(=O)c2cn(-c3ccccc3)nn2)c2c[nH]c3ccccc23)cc1. The first-order chi connectivity index (χ1) is 16.6. The second-order valence-corrected chi connectivity index (χ2v) is 8.42. The van der Waals surface area contributed by atoms with Crippen molar-refractivity contribution in [3.05, 3.63) is 108 Å². The normalized spacial score (nSPS) is 11.9. The van der Waals surface area contributed by atoms with Crippen molar-refractivity contribution in [2.45, 2.75) is 5.92 Å². The first kappa shape index (κ1) is 21.5. The van der Waals surface area contributed by atoms with E-state index in [1.807, 2.05) is 62.8 Å². The van der Waals surface area contributed by atoms with E-state index >= 15 is 0 Å². The number of fused-ring (bicyclic) bond motifs is 1. The molecular weight excluding hydrogens is 424 g/mol. The molecule has 0 saturated carbocycles. The molecule has 2 heterocycles. The monoisotopic (exact) mass is 450 g/mol. The third-order valence-electron chi connectivity index (χ3n) is 6.02. The van der Waals surface area contributed by atoms with E-state index in [1.54, 1.807) is 10.9 Å². The maximum absolute atomic E-state index is 13.0. The highest BCUT2D eigenvalue weighted by Gasteiger charge is 2.21. The fraction of sp³-hybridized carbons (Fsp3) is 0.148. The molecule has 1 atom stereocenters. The third-order valence-corrected chi connectivity index (χ3v) is 6.02. The number of aromatic nitrogens is 4. The second-order valence-electron chi connectivity index (χ2n) is 8.42. The summed E-state index contributed by atoms with van der Waals surface area (Å²) in [5.74, 6) is -0.280. The zero-order valence-corrected chi connectivity index (χ0v) is 19.1. The molecule has 3 aromatic carbocycles. The molecule has 0 aliphatic carbocycles. The lowest BCUT2D eigenvalue weighted by Gasteiger charge is -2.19. The molecule has 170 valence electrons. The van der Waals surface area contributed by atoms with Gasteiger partial charge in [-0.3, -0.25) is 4.79 Å². The summed E-state index contributed by atoms with van der Waals surface area (Å²) in [6, 6.07) is 26.3. The van der Waals surface area contributed by atoms with Crippen LogP contribution in [0.4, 0.5) is 5.69 Å². The Hall–Kier alpha value is -4.39. The van der Waals surface area contributed by atoms with Crippen LogP contribution < -0.4 is 10.2 Å². The molecule has 2 N–H and O–H groups in total. The molecule has 2 aromatic heterocycles. The van der Waals surface area contributed by atoms with Crippen molar-refractivity contribution in [2.24, 2.45) is 0 Å². The summed E-state index contributed by atoms with van der Waals surface area (Å²) in [6.07, 6.45) is 3.68. The predicted octanol–water partition coefficient (Wildman–Crippen LogP) is 4.38. The molecule has 34 heavy (non-hydrogen) atoms. The van der Waals surface area contributed by atoms with E-state index in [-0.39, 0.29) is 17.5 Å². The Morgan fingerprint density at radius 2 is 1.74 bits per heavy atom. The minimum absolute atomic E-state index is 0.0273. The lowest BCUT2D eigenvalue weighted by molar-refractivity contribution is 0.0947. The van der Waals surface area contributed by atoms with Crippen molar-refractivity contribution in [2.75, 3.05) is 25.5 Å². The van der Waals surface area contributed by atoms with E-state index in [9.17, 15) is 4.79 Å². The highest BCUT2D eigenvalue weighted by atomic mass is 16.2. The first-order valence-electron chi connectivity index (χ1n) is 11.2. The summed E-state index contributed by atoms with van der Waals surface area (Å²) in [5, 5.41) is 12.4. The van der Waals surface area contributed by atoms with Crippen LogP contribution in [0.5, 0.6) is 0 Å². The average molecular weight is 451 g/mol. The van der Waals surface area contributed by atoms with Gasteiger partial charge >= 0.3 is 0 Å². The Balaban J connectivity index is 1.41. The Labute approximate surface area is 198 Å². The lowest BCUT2D eigenvalue weighted by atomic mass is 9.90. The molecule has 1 unspecified atom stereocenters. The molecule has 7 nitrogen and oxygen atoms in total. The van der Waals surface area contributed by atoms with Crippen LogP contribution in [-0.2, 0) is 0 Å². The Bertz CT molecular complexity index is 1400. The number of aromatic amines is 1. The smallest absolute Gasteiger partial charge is 0.273 e. The number of para-hydroxylation sites is 2. The van der Waals surface area contributed by atoms with Crippen LogP contribution in [0.3, 0.4) is 0 Å².